The van der Waals surface area contributed by atoms with Crippen LogP contribution in [0.4, 0.5) is 5.69 Å². The lowest BCUT2D eigenvalue weighted by Gasteiger charge is -2.29. The van der Waals surface area contributed by atoms with Crippen molar-refractivity contribution in [3.05, 3.63) is 53.7 Å². The average molecular weight is 490 g/mol. The van der Waals surface area contributed by atoms with E-state index in [0.29, 0.717) is 24.6 Å². The van der Waals surface area contributed by atoms with Crippen molar-refractivity contribution in [2.24, 2.45) is 5.41 Å². The first kappa shape index (κ1) is 23.1. The van der Waals surface area contributed by atoms with Gasteiger partial charge >= 0.3 is 0 Å². The number of nitrogens with zero attached hydrogens (tertiary/aromatic N) is 6. The molecule has 1 saturated heterocycles. The molecule has 3 aliphatic rings. The van der Waals surface area contributed by atoms with Crippen molar-refractivity contribution in [3.8, 4) is 11.3 Å². The van der Waals surface area contributed by atoms with E-state index in [4.69, 9.17) is 9.47 Å². The Morgan fingerprint density at radius 3 is 2.64 bits per heavy atom. The molecule has 36 heavy (non-hydrogen) atoms. The molecule has 0 bridgehead atoms. The van der Waals surface area contributed by atoms with Crippen molar-refractivity contribution in [1.29, 1.82) is 0 Å². The monoisotopic (exact) mass is 489 g/mol. The van der Waals surface area contributed by atoms with Gasteiger partial charge in [0.05, 0.1) is 50.1 Å². The number of hydrogen-bond donors (Lipinski definition) is 1. The quantitative estimate of drug-likeness (QED) is 0.515. The zero-order valence-corrected chi connectivity index (χ0v) is 20.7. The van der Waals surface area contributed by atoms with Gasteiger partial charge in [-0.2, -0.15) is 0 Å². The minimum absolute atomic E-state index is 0.165. The summed E-state index contributed by atoms with van der Waals surface area (Å²) >= 11 is 0. The first-order valence-corrected chi connectivity index (χ1v) is 12.5. The van der Waals surface area contributed by atoms with Crippen LogP contribution >= 0.6 is 0 Å². The zero-order chi connectivity index (χ0) is 24.7. The molecule has 2 aliphatic carbocycles. The lowest BCUT2D eigenvalue weighted by Crippen LogP contribution is -2.36. The highest BCUT2D eigenvalue weighted by molar-refractivity contribution is 5.96. The second-order valence-corrected chi connectivity index (χ2v) is 10.4. The molecule has 1 aliphatic heterocycles. The standard InChI is InChI=1S/C26H31N7O3/c1-32(2)23-9-18(25(34)29-11-19-10-28-21(12-27-19)17-3-4-17)5-6-20(23)22-13-33(31-30-22)14-24-35-15-26(7-8-26)16-36-24/h5-6,9-10,12-13,17,24H,3-4,7-8,11,14-16H2,1-2H3,(H,29,34). The maximum Gasteiger partial charge on any atom is 0.251 e. The number of ether oxygens (including phenoxy) is 2. The van der Waals surface area contributed by atoms with Gasteiger partial charge in [0.2, 0.25) is 0 Å². The molecular weight excluding hydrogens is 458 g/mol. The second-order valence-electron chi connectivity index (χ2n) is 10.4. The van der Waals surface area contributed by atoms with Crippen molar-refractivity contribution in [1.82, 2.24) is 30.3 Å². The van der Waals surface area contributed by atoms with Gasteiger partial charge in [0.15, 0.2) is 6.29 Å². The average Bonchev–Trinajstić information content (AvgIpc) is 3.83. The SMILES string of the molecule is CN(C)c1cc(C(=O)NCc2cnc(C3CC3)cn2)ccc1-c1cn(CC2OCC3(CC3)CO2)nn1. The summed E-state index contributed by atoms with van der Waals surface area (Å²) in [7, 11) is 3.89. The van der Waals surface area contributed by atoms with Gasteiger partial charge in [-0.3, -0.25) is 14.8 Å². The number of hydrogen-bond acceptors (Lipinski definition) is 8. The molecule has 1 N–H and O–H groups in total. The Labute approximate surface area is 210 Å². The van der Waals surface area contributed by atoms with E-state index in [1.165, 1.54) is 25.7 Å². The zero-order valence-electron chi connectivity index (χ0n) is 20.7. The Kier molecular flexibility index (Phi) is 5.93. The summed E-state index contributed by atoms with van der Waals surface area (Å²) in [5.41, 5.74) is 5.12. The van der Waals surface area contributed by atoms with Crippen molar-refractivity contribution in [2.45, 2.75) is 51.0 Å². The van der Waals surface area contributed by atoms with Gasteiger partial charge in [0.25, 0.3) is 5.91 Å². The third-order valence-corrected chi connectivity index (χ3v) is 7.15. The maximum absolute atomic E-state index is 12.9. The number of carbonyl (C=O) groups is 1. The summed E-state index contributed by atoms with van der Waals surface area (Å²) in [6, 6.07) is 5.59. The van der Waals surface area contributed by atoms with Crippen molar-refractivity contribution < 1.29 is 14.3 Å². The summed E-state index contributed by atoms with van der Waals surface area (Å²) in [5, 5.41) is 11.6. The Morgan fingerprint density at radius 1 is 1.17 bits per heavy atom. The Bertz CT molecular complexity index is 1240. The van der Waals surface area contributed by atoms with E-state index in [1.807, 2.05) is 43.5 Å². The smallest absolute Gasteiger partial charge is 0.251 e. The van der Waals surface area contributed by atoms with Crippen LogP contribution in [0.2, 0.25) is 0 Å². The normalized spacial score (nSPS) is 18.8. The molecule has 10 nitrogen and oxygen atoms in total. The highest BCUT2D eigenvalue weighted by Gasteiger charge is 2.47. The van der Waals surface area contributed by atoms with E-state index in [-0.39, 0.29) is 17.6 Å². The van der Waals surface area contributed by atoms with E-state index < -0.39 is 0 Å². The highest BCUT2D eigenvalue weighted by atomic mass is 16.7. The highest BCUT2D eigenvalue weighted by Crippen LogP contribution is 2.48. The number of aromatic nitrogens is 5. The van der Waals surface area contributed by atoms with Crippen molar-refractivity contribution >= 4 is 11.6 Å². The van der Waals surface area contributed by atoms with Gasteiger partial charge in [-0.05, 0) is 43.9 Å². The predicted molar refractivity (Wildman–Crippen MR) is 132 cm³/mol. The lowest BCUT2D eigenvalue weighted by molar-refractivity contribution is -0.213. The molecule has 3 fully saturated rings. The molecule has 2 saturated carbocycles. The summed E-state index contributed by atoms with van der Waals surface area (Å²) in [6.45, 7) is 2.33. The fourth-order valence-electron chi connectivity index (χ4n) is 4.44. The molecule has 0 unspecified atom stereocenters. The van der Waals surface area contributed by atoms with Crippen LogP contribution < -0.4 is 10.2 Å². The van der Waals surface area contributed by atoms with E-state index in [9.17, 15) is 4.79 Å². The Morgan fingerprint density at radius 2 is 1.97 bits per heavy atom. The maximum atomic E-state index is 12.9. The molecule has 3 heterocycles. The summed E-state index contributed by atoms with van der Waals surface area (Å²) in [4.78, 5) is 23.7. The van der Waals surface area contributed by atoms with Gasteiger partial charge in [-0.25, -0.2) is 4.68 Å². The first-order chi connectivity index (χ1) is 17.5. The van der Waals surface area contributed by atoms with E-state index in [2.05, 4.69) is 25.6 Å². The third kappa shape index (κ3) is 4.96. The molecule has 6 rings (SSSR count). The fourth-order valence-corrected chi connectivity index (χ4v) is 4.44. The molecule has 0 atom stereocenters. The van der Waals surface area contributed by atoms with Crippen LogP contribution in [-0.4, -0.2) is 64.5 Å². The van der Waals surface area contributed by atoms with Crippen LogP contribution in [-0.2, 0) is 22.6 Å². The minimum Gasteiger partial charge on any atom is -0.377 e. The topological polar surface area (TPSA) is 107 Å². The third-order valence-electron chi connectivity index (χ3n) is 7.15. The molecule has 2 aromatic heterocycles. The fraction of sp³-hybridized carbons (Fsp3) is 0.500. The molecule has 0 radical (unpaired) electrons. The Balaban J connectivity index is 1.11. The van der Waals surface area contributed by atoms with Gasteiger partial charge in [-0.1, -0.05) is 5.21 Å². The van der Waals surface area contributed by atoms with Crippen LogP contribution in [0, 0.1) is 5.41 Å². The number of amides is 1. The number of carbonyl (C=O) groups excluding carboxylic acids is 1. The van der Waals surface area contributed by atoms with Crippen molar-refractivity contribution in [2.75, 3.05) is 32.2 Å². The van der Waals surface area contributed by atoms with Gasteiger partial charge in [0.1, 0.15) is 5.69 Å². The number of benzene rings is 1. The first-order valence-electron chi connectivity index (χ1n) is 12.5. The molecule has 188 valence electrons. The van der Waals surface area contributed by atoms with Crippen molar-refractivity contribution in [3.63, 3.8) is 0 Å². The molecule has 1 spiro atoms. The van der Waals surface area contributed by atoms with Crippen LogP contribution in [0.3, 0.4) is 0 Å². The van der Waals surface area contributed by atoms with Crippen LogP contribution in [0.5, 0.6) is 0 Å². The summed E-state index contributed by atoms with van der Waals surface area (Å²) in [6.07, 6.45) is 9.91. The van der Waals surface area contributed by atoms with E-state index in [1.54, 1.807) is 16.9 Å². The van der Waals surface area contributed by atoms with E-state index >= 15 is 0 Å². The molecule has 1 aromatic carbocycles. The van der Waals surface area contributed by atoms with Gasteiger partial charge in [-0.15, -0.1) is 5.10 Å². The molecule has 1 amide bonds. The minimum atomic E-state index is -0.306. The largest absolute Gasteiger partial charge is 0.377 e. The van der Waals surface area contributed by atoms with Gasteiger partial charge < -0.3 is 19.7 Å². The number of nitrogens with one attached hydrogen (secondary N) is 1. The lowest BCUT2D eigenvalue weighted by atomic mass is 10.1. The van der Waals surface area contributed by atoms with E-state index in [0.717, 1.165) is 41.5 Å². The second kappa shape index (κ2) is 9.25. The summed E-state index contributed by atoms with van der Waals surface area (Å²) < 4.78 is 13.5. The molecular formula is C26H31N7O3. The van der Waals surface area contributed by atoms with Crippen LogP contribution in [0.1, 0.15) is 53.3 Å². The Hall–Kier alpha value is -3.37. The number of anilines is 1. The molecule has 3 aromatic rings. The molecule has 10 heteroatoms. The van der Waals surface area contributed by atoms with Crippen LogP contribution in [0.15, 0.2) is 36.8 Å². The summed E-state index contributed by atoms with van der Waals surface area (Å²) in [5.74, 6) is 0.399. The predicted octanol–water partition coefficient (Wildman–Crippen LogP) is 2.76. The number of rotatable bonds is 8. The van der Waals surface area contributed by atoms with Gasteiger partial charge in [0, 0.05) is 48.4 Å². The van der Waals surface area contributed by atoms with Crippen LogP contribution in [0.25, 0.3) is 11.3 Å².